The molecule has 0 radical (unpaired) electrons. The van der Waals surface area contributed by atoms with Crippen molar-refractivity contribution in [2.75, 3.05) is 19.6 Å². The number of carbonyl (C=O) groups is 2. The number of rotatable bonds is 8. The van der Waals surface area contributed by atoms with Crippen molar-refractivity contribution in [2.45, 2.75) is 77.0 Å². The first-order valence-electron chi connectivity index (χ1n) is 14.0. The molecule has 218 valence electrons. The minimum absolute atomic E-state index is 0.0427. The van der Waals surface area contributed by atoms with Crippen molar-refractivity contribution in [3.8, 4) is 5.75 Å². The van der Waals surface area contributed by atoms with Gasteiger partial charge < -0.3 is 14.7 Å². The van der Waals surface area contributed by atoms with E-state index in [9.17, 15) is 23.5 Å². The van der Waals surface area contributed by atoms with Crippen LogP contribution in [0, 0.1) is 11.8 Å². The molecular formula is C28H36ClF2N5O4. The molecule has 1 aliphatic carbocycles. The number of nitrogens with zero attached hydrogens (tertiary/aromatic N) is 5. The number of ether oxygens (including phenoxy) is 1. The van der Waals surface area contributed by atoms with Gasteiger partial charge in [-0.25, -0.2) is 13.5 Å². The third kappa shape index (κ3) is 5.54. The highest BCUT2D eigenvalue weighted by atomic mass is 35.5. The first-order chi connectivity index (χ1) is 19.2. The maximum atomic E-state index is 14.1. The molecule has 1 saturated heterocycles. The van der Waals surface area contributed by atoms with Crippen LogP contribution >= 0.6 is 11.6 Å². The number of alkyl halides is 2. The largest absolute Gasteiger partial charge is 0.487 e. The zero-order chi connectivity index (χ0) is 28.6. The summed E-state index contributed by atoms with van der Waals surface area (Å²) in [6, 6.07) is 3.36. The van der Waals surface area contributed by atoms with Crippen molar-refractivity contribution < 1.29 is 28.2 Å². The van der Waals surface area contributed by atoms with Gasteiger partial charge in [-0.1, -0.05) is 29.7 Å². The number of carbonyl (C=O) groups excluding carboxylic acids is 1. The van der Waals surface area contributed by atoms with Gasteiger partial charge in [-0.2, -0.15) is 0 Å². The van der Waals surface area contributed by atoms with E-state index in [1.807, 2.05) is 4.90 Å². The van der Waals surface area contributed by atoms with Gasteiger partial charge in [-0.15, -0.1) is 5.10 Å². The number of aromatic nitrogens is 3. The van der Waals surface area contributed by atoms with E-state index in [-0.39, 0.29) is 23.9 Å². The molecule has 40 heavy (non-hydrogen) atoms. The van der Waals surface area contributed by atoms with Crippen LogP contribution in [0.3, 0.4) is 0 Å². The zero-order valence-corrected chi connectivity index (χ0v) is 23.6. The quantitative estimate of drug-likeness (QED) is 0.480. The highest BCUT2D eigenvalue weighted by Gasteiger charge is 2.43. The van der Waals surface area contributed by atoms with Gasteiger partial charge in [-0.05, 0) is 63.3 Å². The van der Waals surface area contributed by atoms with Crippen LogP contribution in [0.4, 0.5) is 8.78 Å². The van der Waals surface area contributed by atoms with Gasteiger partial charge in [0, 0.05) is 36.8 Å². The summed E-state index contributed by atoms with van der Waals surface area (Å²) < 4.78 is 34.5. The summed E-state index contributed by atoms with van der Waals surface area (Å²) in [6.07, 6.45) is 2.51. The molecule has 0 spiro atoms. The highest BCUT2D eigenvalue weighted by Crippen LogP contribution is 2.43. The molecule has 3 heterocycles. The topological polar surface area (TPSA) is 101 Å². The van der Waals surface area contributed by atoms with E-state index in [2.05, 4.69) is 22.1 Å². The van der Waals surface area contributed by atoms with Crippen LogP contribution in [0.25, 0.3) is 0 Å². The Morgan fingerprint density at radius 3 is 2.58 bits per heavy atom. The Bertz CT molecular complexity index is 1260. The van der Waals surface area contributed by atoms with E-state index in [1.165, 1.54) is 7.05 Å². The Morgan fingerprint density at radius 2 is 1.90 bits per heavy atom. The number of hydrogen-bond acceptors (Lipinski definition) is 6. The second-order valence-corrected chi connectivity index (χ2v) is 11.6. The lowest BCUT2D eigenvalue weighted by Crippen LogP contribution is -2.50. The molecule has 1 N–H and O–H groups in total. The summed E-state index contributed by atoms with van der Waals surface area (Å²) in [6.45, 7) is 3.81. The molecular weight excluding hydrogens is 544 g/mol. The van der Waals surface area contributed by atoms with Gasteiger partial charge in [0.05, 0.1) is 17.9 Å². The van der Waals surface area contributed by atoms with Gasteiger partial charge in [0.25, 0.3) is 6.43 Å². The SMILES string of the molecule is CC1CCCN1C[C@@H]1c2c(OCc3nnn(C)c3C(F)F)ccc(Cl)c2CCN1C(=O)[C@@H]1CCCC[C@@H]1C(=O)O. The van der Waals surface area contributed by atoms with Crippen LogP contribution in [0.1, 0.15) is 80.4 Å². The van der Waals surface area contributed by atoms with E-state index in [4.69, 9.17) is 16.3 Å². The van der Waals surface area contributed by atoms with Crippen molar-refractivity contribution in [1.29, 1.82) is 0 Å². The highest BCUT2D eigenvalue weighted by molar-refractivity contribution is 6.31. The van der Waals surface area contributed by atoms with Gasteiger partial charge in [-0.3, -0.25) is 14.5 Å². The zero-order valence-electron chi connectivity index (χ0n) is 22.9. The summed E-state index contributed by atoms with van der Waals surface area (Å²) in [5, 5.41) is 18.0. The van der Waals surface area contributed by atoms with Gasteiger partial charge >= 0.3 is 5.97 Å². The number of aryl methyl sites for hydroxylation is 1. The molecule has 2 aliphatic heterocycles. The summed E-state index contributed by atoms with van der Waals surface area (Å²) in [4.78, 5) is 30.3. The molecule has 9 nitrogen and oxygen atoms in total. The summed E-state index contributed by atoms with van der Waals surface area (Å²) in [5.41, 5.74) is 1.36. The molecule has 4 atom stereocenters. The minimum Gasteiger partial charge on any atom is -0.487 e. The fourth-order valence-corrected chi connectivity index (χ4v) is 6.96. The fraction of sp³-hybridized carbons (Fsp3) is 0.643. The standard InChI is InChI=1S/C28H36ClF2N5O4/c1-16-6-5-12-35(16)14-22-24-19(11-13-36(22)27(37)17-7-3-4-8-18(17)28(38)39)20(29)9-10-23(24)40-15-21-25(26(30)31)34(2)33-32-21/h9-10,16-18,22,26H,3-8,11-15H2,1-2H3,(H,38,39)/t16?,17-,18+,22-/m1/s1. The first-order valence-corrected chi connectivity index (χ1v) is 14.4. The smallest absolute Gasteiger partial charge is 0.307 e. The van der Waals surface area contributed by atoms with Crippen molar-refractivity contribution >= 4 is 23.5 Å². The Labute approximate surface area is 237 Å². The number of fused-ring (bicyclic) bond motifs is 1. The second-order valence-electron chi connectivity index (χ2n) is 11.2. The average molecular weight is 580 g/mol. The van der Waals surface area contributed by atoms with Crippen LogP contribution in [-0.2, 0) is 29.7 Å². The molecule has 1 amide bonds. The molecule has 2 fully saturated rings. The number of amides is 1. The van der Waals surface area contributed by atoms with Gasteiger partial charge in [0.15, 0.2) is 0 Å². The van der Waals surface area contributed by atoms with Gasteiger partial charge in [0.2, 0.25) is 5.91 Å². The van der Waals surface area contributed by atoms with Crippen LogP contribution in [0.5, 0.6) is 5.75 Å². The van der Waals surface area contributed by atoms with Crippen LogP contribution in [0.2, 0.25) is 5.02 Å². The minimum atomic E-state index is -2.76. The number of carboxylic acids is 1. The van der Waals surface area contributed by atoms with Gasteiger partial charge in [0.1, 0.15) is 23.7 Å². The summed E-state index contributed by atoms with van der Waals surface area (Å²) >= 11 is 6.68. The molecule has 12 heteroatoms. The van der Waals surface area contributed by atoms with Crippen LogP contribution < -0.4 is 4.74 Å². The molecule has 1 unspecified atom stereocenters. The predicted molar refractivity (Wildman–Crippen MR) is 143 cm³/mol. The first kappa shape index (κ1) is 28.7. The number of likely N-dealkylation sites (tertiary alicyclic amines) is 1. The second kappa shape index (κ2) is 12.0. The van der Waals surface area contributed by atoms with E-state index in [0.29, 0.717) is 49.2 Å². The van der Waals surface area contributed by atoms with E-state index in [0.717, 1.165) is 48.0 Å². The Balaban J connectivity index is 1.51. The lowest BCUT2D eigenvalue weighted by atomic mass is 9.77. The lowest BCUT2D eigenvalue weighted by molar-refractivity contribution is -0.154. The molecule has 2 aromatic rings. The van der Waals surface area contributed by atoms with Crippen molar-refractivity contribution in [2.24, 2.45) is 18.9 Å². The summed E-state index contributed by atoms with van der Waals surface area (Å²) in [5.74, 6) is -1.89. The molecule has 0 bridgehead atoms. The fourth-order valence-electron chi connectivity index (χ4n) is 6.70. The third-order valence-corrected chi connectivity index (χ3v) is 9.22. The molecule has 3 aliphatic rings. The number of aliphatic carboxylic acids is 1. The van der Waals surface area contributed by atoms with Crippen molar-refractivity contribution in [1.82, 2.24) is 24.8 Å². The number of hydrogen-bond donors (Lipinski definition) is 1. The maximum Gasteiger partial charge on any atom is 0.307 e. The van der Waals surface area contributed by atoms with Crippen LogP contribution in [-0.4, -0.2) is 67.5 Å². The average Bonchev–Trinajstić information content (AvgIpc) is 3.52. The molecule has 1 saturated carbocycles. The number of carboxylic acid groups (broad SMARTS) is 1. The Morgan fingerprint density at radius 1 is 1.15 bits per heavy atom. The van der Waals surface area contributed by atoms with Crippen molar-refractivity contribution in [3.63, 3.8) is 0 Å². The normalized spacial score (nSPS) is 25.3. The monoisotopic (exact) mass is 579 g/mol. The Kier molecular flexibility index (Phi) is 8.61. The maximum absolute atomic E-state index is 14.1. The van der Waals surface area contributed by atoms with Crippen LogP contribution in [0.15, 0.2) is 12.1 Å². The van der Waals surface area contributed by atoms with E-state index >= 15 is 0 Å². The number of halogens is 3. The molecule has 5 rings (SSSR count). The van der Waals surface area contributed by atoms with E-state index < -0.39 is 30.3 Å². The predicted octanol–water partition coefficient (Wildman–Crippen LogP) is 4.79. The Hall–Kier alpha value is -2.79. The lowest BCUT2D eigenvalue weighted by Gasteiger charge is -2.43. The van der Waals surface area contributed by atoms with Crippen molar-refractivity contribution in [3.05, 3.63) is 39.7 Å². The molecule has 1 aromatic carbocycles. The third-order valence-electron chi connectivity index (χ3n) is 8.87. The summed E-state index contributed by atoms with van der Waals surface area (Å²) in [7, 11) is 1.41. The van der Waals surface area contributed by atoms with E-state index in [1.54, 1.807) is 12.1 Å². The number of benzene rings is 1. The molecule has 1 aromatic heterocycles.